The Morgan fingerprint density at radius 3 is 1.15 bits per heavy atom. The maximum atomic E-state index is 15.2. The summed E-state index contributed by atoms with van der Waals surface area (Å²) in [7, 11) is 3.09. The number of halogens is 4. The van der Waals surface area contributed by atoms with Crippen LogP contribution in [0.4, 0.5) is 40.3 Å². The molecule has 0 radical (unpaired) electrons. The second kappa shape index (κ2) is 29.1. The number of morpholine rings is 2. The first kappa shape index (κ1) is 63.9. The Hall–Kier alpha value is -9.62. The predicted molar refractivity (Wildman–Crippen MR) is 335 cm³/mol. The fraction of sp³-hybridized carbons (Fsp3) is 0.324. The molecule has 8 aromatic rings. The van der Waals surface area contributed by atoms with E-state index in [0.717, 1.165) is 90.7 Å². The van der Waals surface area contributed by atoms with Gasteiger partial charge in [-0.2, -0.15) is 0 Å². The zero-order valence-electron chi connectivity index (χ0n) is 50.6. The van der Waals surface area contributed by atoms with Gasteiger partial charge >= 0.3 is 0 Å². The summed E-state index contributed by atoms with van der Waals surface area (Å²) in [5.41, 5.74) is -0.288. The van der Waals surface area contributed by atoms with Gasteiger partial charge in [0.1, 0.15) is 34.0 Å². The van der Waals surface area contributed by atoms with Gasteiger partial charge in [-0.05, 0) is 136 Å². The number of hydrogen-bond donors (Lipinski definition) is 4. The molecule has 480 valence electrons. The topological polar surface area (TPSA) is 222 Å². The molecule has 0 bridgehead atoms. The number of amides is 4. The SMILES string of the molecule is COc1cc2c(Oc3ccc(NC(=O)C4(C(=O)Nc5ccc(F)cc5)CC4)cc3F)ccnc2cc1OCCCN1CCOCC1.COc1cc2c(Oc3ccc(NC(=O)C4(C(=O)Nc5ccc(F)cc5)CC4)cc3F)ccnc2cc1OCCCN1CCOCC1. The number of hydrogen-bond acceptors (Lipinski definition) is 16. The van der Waals surface area contributed by atoms with Crippen molar-refractivity contribution in [1.82, 2.24) is 19.8 Å². The highest BCUT2D eigenvalue weighted by molar-refractivity contribution is 6.18. The van der Waals surface area contributed by atoms with E-state index >= 15 is 8.78 Å². The van der Waals surface area contributed by atoms with E-state index in [1.807, 2.05) is 0 Å². The van der Waals surface area contributed by atoms with Gasteiger partial charge in [0.25, 0.3) is 0 Å². The van der Waals surface area contributed by atoms with Crippen LogP contribution >= 0.6 is 0 Å². The fourth-order valence-corrected chi connectivity index (χ4v) is 10.6. The third-order valence-corrected chi connectivity index (χ3v) is 16.2. The van der Waals surface area contributed by atoms with Crippen molar-refractivity contribution in [3.8, 4) is 46.0 Å². The lowest BCUT2D eigenvalue weighted by Gasteiger charge is -2.26. The number of methoxy groups -OCH3 is 2. The molecule has 6 aromatic carbocycles. The van der Waals surface area contributed by atoms with Crippen LogP contribution in [0.1, 0.15) is 38.5 Å². The minimum Gasteiger partial charge on any atom is -0.493 e. The highest BCUT2D eigenvalue weighted by Gasteiger charge is 2.57. The number of carbonyl (C=O) groups excluding carboxylic acids is 4. The Morgan fingerprint density at radius 2 is 0.804 bits per heavy atom. The van der Waals surface area contributed by atoms with Gasteiger partial charge in [0, 0.05) is 109 Å². The van der Waals surface area contributed by atoms with Gasteiger partial charge in [-0.25, -0.2) is 17.6 Å². The average Bonchev–Trinajstić information content (AvgIpc) is 1.58. The van der Waals surface area contributed by atoms with Crippen LogP contribution in [-0.2, 0) is 28.7 Å². The van der Waals surface area contributed by atoms with Crippen LogP contribution in [0.3, 0.4) is 0 Å². The van der Waals surface area contributed by atoms with Crippen molar-refractivity contribution in [2.45, 2.75) is 38.5 Å². The third kappa shape index (κ3) is 15.6. The molecule has 2 aliphatic heterocycles. The maximum Gasteiger partial charge on any atom is 0.240 e. The van der Waals surface area contributed by atoms with Crippen molar-refractivity contribution in [1.29, 1.82) is 0 Å². The Kier molecular flexibility index (Phi) is 20.2. The molecule has 2 saturated heterocycles. The number of rotatable bonds is 24. The van der Waals surface area contributed by atoms with Gasteiger partial charge in [-0.3, -0.25) is 38.9 Å². The number of carbonyl (C=O) groups is 4. The monoisotopic (exact) mass is 1260 g/mol. The van der Waals surface area contributed by atoms with Gasteiger partial charge < -0.3 is 59.2 Å². The summed E-state index contributed by atoms with van der Waals surface area (Å²) in [6.07, 6.45) is 6.18. The maximum absolute atomic E-state index is 15.2. The van der Waals surface area contributed by atoms with Crippen LogP contribution < -0.4 is 49.7 Å². The molecule has 4 fully saturated rings. The smallest absolute Gasteiger partial charge is 0.240 e. The van der Waals surface area contributed by atoms with Crippen molar-refractivity contribution in [2.24, 2.45) is 10.8 Å². The van der Waals surface area contributed by atoms with E-state index in [0.29, 0.717) is 107 Å². The summed E-state index contributed by atoms with van der Waals surface area (Å²) in [6, 6.07) is 28.9. The van der Waals surface area contributed by atoms with Gasteiger partial charge in [0.15, 0.2) is 46.1 Å². The van der Waals surface area contributed by atoms with Gasteiger partial charge in [0.05, 0.1) is 64.9 Å². The number of aromatic nitrogens is 2. The first-order valence-electron chi connectivity index (χ1n) is 30.2. The van der Waals surface area contributed by atoms with E-state index in [-0.39, 0.29) is 22.9 Å². The summed E-state index contributed by atoms with van der Waals surface area (Å²) in [5, 5.41) is 11.8. The Bertz CT molecular complexity index is 3700. The number of anilines is 4. The van der Waals surface area contributed by atoms with Crippen molar-refractivity contribution in [2.75, 3.05) is 114 Å². The first-order valence-corrected chi connectivity index (χ1v) is 30.2. The summed E-state index contributed by atoms with van der Waals surface area (Å²) < 4.78 is 103. The largest absolute Gasteiger partial charge is 0.493 e. The molecule has 4 amide bonds. The predicted octanol–water partition coefficient (Wildman–Crippen LogP) is 11.5. The van der Waals surface area contributed by atoms with Crippen molar-refractivity contribution < 1.29 is 74.6 Å². The molecule has 4 aliphatic rings. The quantitative estimate of drug-likeness (QED) is 0.0251. The highest BCUT2D eigenvalue weighted by atomic mass is 19.1. The molecule has 4 heterocycles. The molecule has 0 spiro atoms. The van der Waals surface area contributed by atoms with Gasteiger partial charge in [0.2, 0.25) is 23.6 Å². The molecule has 24 heteroatoms. The van der Waals surface area contributed by atoms with E-state index in [1.165, 1.54) is 72.8 Å². The second-order valence-corrected chi connectivity index (χ2v) is 22.5. The standard InChI is InChI=1S/2C34H34F2N4O6/c2*1-43-30-20-25-27(21-31(30)45-16-2-13-40-14-17-44-18-15-40)37-12-9-28(25)46-29-8-7-24(19-26(29)36)39-33(42)34(10-11-34)32(41)38-23-5-3-22(35)4-6-23/h2*3-9,12,19-21H,2,10-11,13-18H2,1H3,(H,38,41)(H,39,42). The second-order valence-electron chi connectivity index (χ2n) is 22.5. The van der Waals surface area contributed by atoms with E-state index in [9.17, 15) is 28.0 Å². The summed E-state index contributed by atoms with van der Waals surface area (Å²) in [4.78, 5) is 65.3. The zero-order chi connectivity index (χ0) is 64.2. The highest BCUT2D eigenvalue weighted by Crippen LogP contribution is 2.49. The number of nitrogens with zero attached hydrogens (tertiary/aromatic N) is 4. The van der Waals surface area contributed by atoms with Crippen LogP contribution in [-0.4, -0.2) is 137 Å². The minimum atomic E-state index is -1.28. The van der Waals surface area contributed by atoms with Crippen molar-refractivity contribution >= 4 is 68.2 Å². The number of ether oxygens (including phenoxy) is 8. The first-order chi connectivity index (χ1) is 44.7. The van der Waals surface area contributed by atoms with Gasteiger partial charge in [-0.15, -0.1) is 0 Å². The molecule has 2 saturated carbocycles. The summed E-state index contributed by atoms with van der Waals surface area (Å²) in [6.45, 7) is 9.52. The van der Waals surface area contributed by atoms with E-state index in [4.69, 9.17) is 37.9 Å². The summed E-state index contributed by atoms with van der Waals surface area (Å²) in [5.74, 6) is -1.74. The Balaban J connectivity index is 0.000000188. The van der Waals surface area contributed by atoms with Crippen LogP contribution in [0.5, 0.6) is 46.0 Å². The lowest BCUT2D eigenvalue weighted by molar-refractivity contribution is -0.132. The minimum absolute atomic E-state index is 0.0666. The van der Waals surface area contributed by atoms with E-state index < -0.39 is 57.7 Å². The number of pyridine rings is 2. The molecule has 20 nitrogen and oxygen atoms in total. The van der Waals surface area contributed by atoms with E-state index in [1.54, 1.807) is 63.0 Å². The van der Waals surface area contributed by atoms with Crippen molar-refractivity contribution in [3.05, 3.63) is 157 Å². The van der Waals surface area contributed by atoms with E-state index in [2.05, 4.69) is 41.0 Å². The molecule has 2 aliphatic carbocycles. The molecule has 4 N–H and O–H groups in total. The Labute approximate surface area is 527 Å². The van der Waals surface area contributed by atoms with Crippen LogP contribution in [0.2, 0.25) is 0 Å². The lowest BCUT2D eigenvalue weighted by Crippen LogP contribution is -2.37. The zero-order valence-corrected chi connectivity index (χ0v) is 50.6. The molecule has 12 rings (SSSR count). The summed E-state index contributed by atoms with van der Waals surface area (Å²) >= 11 is 0. The van der Waals surface area contributed by atoms with Crippen LogP contribution in [0.25, 0.3) is 21.8 Å². The molecular formula is C68H68F4N8O12. The molecular weight excluding hydrogens is 1200 g/mol. The van der Waals surface area contributed by atoms with Crippen LogP contribution in [0.15, 0.2) is 134 Å². The number of benzene rings is 6. The third-order valence-electron chi connectivity index (χ3n) is 16.2. The number of nitrogens with one attached hydrogen (secondary N) is 4. The molecule has 0 atom stereocenters. The molecule has 0 unspecified atom stereocenters. The molecule has 2 aromatic heterocycles. The normalized spacial score (nSPS) is 15.6. The Morgan fingerprint density at radius 1 is 0.446 bits per heavy atom. The lowest BCUT2D eigenvalue weighted by atomic mass is 10.0. The average molecular weight is 1270 g/mol. The fourth-order valence-electron chi connectivity index (χ4n) is 10.6. The number of fused-ring (bicyclic) bond motifs is 2. The van der Waals surface area contributed by atoms with Crippen molar-refractivity contribution in [3.63, 3.8) is 0 Å². The molecule has 92 heavy (non-hydrogen) atoms. The van der Waals surface area contributed by atoms with Gasteiger partial charge in [-0.1, -0.05) is 0 Å². The van der Waals surface area contributed by atoms with Crippen LogP contribution in [0, 0.1) is 34.1 Å².